The lowest BCUT2D eigenvalue weighted by molar-refractivity contribution is -0.132. The van der Waals surface area contributed by atoms with Gasteiger partial charge in [0.2, 0.25) is 5.91 Å². The van der Waals surface area contributed by atoms with E-state index in [2.05, 4.69) is 23.9 Å². The molecule has 1 amide bonds. The highest BCUT2D eigenvalue weighted by atomic mass is 16.2. The number of nitrogens with zero attached hydrogens (tertiary/aromatic N) is 2. The monoisotopic (exact) mass is 318 g/mol. The van der Waals surface area contributed by atoms with E-state index < -0.39 is 0 Å². The maximum Gasteiger partial charge on any atom is 0.225 e. The summed E-state index contributed by atoms with van der Waals surface area (Å²) in [6.07, 6.45) is 14.7. The zero-order valence-electron chi connectivity index (χ0n) is 15.1. The molecule has 0 aromatic rings. The van der Waals surface area contributed by atoms with E-state index in [9.17, 15) is 4.79 Å². The SMILES string of the molecule is CN(C)C1(C2CCCC2)CCC2(CCN(C(=O)C3CC3)C2)CC1. The molecule has 0 N–H and O–H groups in total. The van der Waals surface area contributed by atoms with Crippen molar-refractivity contribution in [2.45, 2.75) is 76.2 Å². The van der Waals surface area contributed by atoms with Gasteiger partial charge in [-0.2, -0.15) is 0 Å². The Hall–Kier alpha value is -0.570. The van der Waals surface area contributed by atoms with E-state index in [0.717, 1.165) is 31.8 Å². The molecule has 1 spiro atoms. The summed E-state index contributed by atoms with van der Waals surface area (Å²) >= 11 is 0. The topological polar surface area (TPSA) is 23.6 Å². The van der Waals surface area contributed by atoms with Crippen LogP contribution < -0.4 is 0 Å². The molecule has 0 radical (unpaired) electrons. The van der Waals surface area contributed by atoms with Gasteiger partial charge >= 0.3 is 0 Å². The van der Waals surface area contributed by atoms with Crippen molar-refractivity contribution in [2.75, 3.05) is 27.2 Å². The predicted molar refractivity (Wildman–Crippen MR) is 93.2 cm³/mol. The number of carbonyl (C=O) groups is 1. The summed E-state index contributed by atoms with van der Waals surface area (Å²) in [6.45, 7) is 2.10. The van der Waals surface area contributed by atoms with Gasteiger partial charge in [0.1, 0.15) is 0 Å². The number of rotatable bonds is 3. The Morgan fingerprint density at radius 3 is 2.17 bits per heavy atom. The second kappa shape index (κ2) is 5.75. The molecule has 3 aliphatic carbocycles. The Kier molecular flexibility index (Phi) is 3.98. The molecule has 3 heteroatoms. The second-order valence-corrected chi connectivity index (χ2v) is 9.26. The number of amides is 1. The van der Waals surface area contributed by atoms with Crippen LogP contribution >= 0.6 is 0 Å². The van der Waals surface area contributed by atoms with Gasteiger partial charge in [0.05, 0.1) is 0 Å². The summed E-state index contributed by atoms with van der Waals surface area (Å²) in [5, 5.41) is 0. The quantitative estimate of drug-likeness (QED) is 0.792. The van der Waals surface area contributed by atoms with Crippen molar-refractivity contribution in [2.24, 2.45) is 17.3 Å². The van der Waals surface area contributed by atoms with E-state index in [-0.39, 0.29) is 0 Å². The molecule has 0 aromatic heterocycles. The number of likely N-dealkylation sites (tertiary alicyclic amines) is 1. The Balaban J connectivity index is 1.42. The van der Waals surface area contributed by atoms with Gasteiger partial charge in [-0.25, -0.2) is 0 Å². The summed E-state index contributed by atoms with van der Waals surface area (Å²) in [4.78, 5) is 17.2. The van der Waals surface area contributed by atoms with E-state index in [1.54, 1.807) is 0 Å². The van der Waals surface area contributed by atoms with Crippen LogP contribution in [0.25, 0.3) is 0 Å². The lowest BCUT2D eigenvalue weighted by atomic mass is 9.62. The minimum Gasteiger partial charge on any atom is -0.342 e. The van der Waals surface area contributed by atoms with Gasteiger partial charge in [-0.05, 0) is 83.2 Å². The standard InChI is InChI=1S/C20H34N2O/c1-21(2)20(17-5-3-4-6-17)11-9-19(10-12-20)13-14-22(15-19)18(23)16-7-8-16/h16-17H,3-15H2,1-2H3. The molecular weight excluding hydrogens is 284 g/mol. The van der Waals surface area contributed by atoms with E-state index in [4.69, 9.17) is 0 Å². The maximum atomic E-state index is 12.4. The predicted octanol–water partition coefficient (Wildman–Crippen LogP) is 3.68. The summed E-state index contributed by atoms with van der Waals surface area (Å²) in [5.74, 6) is 1.79. The number of hydrogen-bond acceptors (Lipinski definition) is 2. The molecule has 1 aliphatic heterocycles. The number of carbonyl (C=O) groups excluding carboxylic acids is 1. The minimum atomic E-state index is 0.396. The Morgan fingerprint density at radius 2 is 1.61 bits per heavy atom. The molecule has 0 unspecified atom stereocenters. The summed E-state index contributed by atoms with van der Waals surface area (Å²) < 4.78 is 0. The van der Waals surface area contributed by atoms with Gasteiger partial charge in [-0.3, -0.25) is 4.79 Å². The van der Waals surface area contributed by atoms with Crippen molar-refractivity contribution in [3.63, 3.8) is 0 Å². The molecule has 1 heterocycles. The third kappa shape index (κ3) is 2.73. The molecule has 4 rings (SSSR count). The van der Waals surface area contributed by atoms with Crippen molar-refractivity contribution >= 4 is 5.91 Å². The van der Waals surface area contributed by atoms with Crippen molar-refractivity contribution < 1.29 is 4.79 Å². The van der Waals surface area contributed by atoms with Crippen molar-refractivity contribution in [1.29, 1.82) is 0 Å². The lowest BCUT2D eigenvalue weighted by Crippen LogP contribution is -2.54. The minimum absolute atomic E-state index is 0.396. The maximum absolute atomic E-state index is 12.4. The van der Waals surface area contributed by atoms with Crippen LogP contribution in [0.15, 0.2) is 0 Å². The van der Waals surface area contributed by atoms with Crippen LogP contribution in [0.3, 0.4) is 0 Å². The highest BCUT2D eigenvalue weighted by Crippen LogP contribution is 2.53. The van der Waals surface area contributed by atoms with E-state index in [1.807, 2.05) is 0 Å². The van der Waals surface area contributed by atoms with E-state index >= 15 is 0 Å². The highest BCUT2D eigenvalue weighted by Gasteiger charge is 2.51. The van der Waals surface area contributed by atoms with E-state index in [0.29, 0.717) is 22.8 Å². The first-order chi connectivity index (χ1) is 11.0. The zero-order valence-corrected chi connectivity index (χ0v) is 15.1. The molecule has 3 saturated carbocycles. The molecule has 0 bridgehead atoms. The summed E-state index contributed by atoms with van der Waals surface area (Å²) in [6, 6.07) is 0. The molecule has 23 heavy (non-hydrogen) atoms. The molecule has 4 fully saturated rings. The van der Waals surface area contributed by atoms with Crippen molar-refractivity contribution in [3.8, 4) is 0 Å². The Labute approximate surface area is 141 Å². The third-order valence-electron chi connectivity index (χ3n) is 7.86. The fourth-order valence-corrected chi connectivity index (χ4v) is 6.02. The zero-order chi connectivity index (χ0) is 16.1. The van der Waals surface area contributed by atoms with Crippen molar-refractivity contribution in [1.82, 2.24) is 9.80 Å². The third-order valence-corrected chi connectivity index (χ3v) is 7.86. The largest absolute Gasteiger partial charge is 0.342 e. The average Bonchev–Trinajstić information content (AvgIpc) is 3.08. The van der Waals surface area contributed by atoms with Crippen LogP contribution in [-0.2, 0) is 4.79 Å². The summed E-state index contributed by atoms with van der Waals surface area (Å²) in [7, 11) is 4.63. The van der Waals surface area contributed by atoms with Crippen molar-refractivity contribution in [3.05, 3.63) is 0 Å². The van der Waals surface area contributed by atoms with Gasteiger partial charge < -0.3 is 9.80 Å². The van der Waals surface area contributed by atoms with Gasteiger partial charge in [-0.15, -0.1) is 0 Å². The first-order valence-electron chi connectivity index (χ1n) is 10.0. The van der Waals surface area contributed by atoms with E-state index in [1.165, 1.54) is 57.8 Å². The molecule has 0 atom stereocenters. The Morgan fingerprint density at radius 1 is 0.957 bits per heavy atom. The molecular formula is C20H34N2O. The highest BCUT2D eigenvalue weighted by molar-refractivity contribution is 5.81. The first-order valence-corrected chi connectivity index (χ1v) is 10.0. The fourth-order valence-electron chi connectivity index (χ4n) is 6.02. The smallest absolute Gasteiger partial charge is 0.225 e. The van der Waals surface area contributed by atoms with Crippen LogP contribution in [0.1, 0.15) is 70.6 Å². The Bertz CT molecular complexity index is 454. The lowest BCUT2D eigenvalue weighted by Gasteiger charge is -2.52. The fraction of sp³-hybridized carbons (Fsp3) is 0.950. The van der Waals surface area contributed by atoms with Crippen LogP contribution in [0, 0.1) is 17.3 Å². The van der Waals surface area contributed by atoms with Gasteiger partial charge in [0.15, 0.2) is 0 Å². The average molecular weight is 319 g/mol. The normalized spacial score (nSPS) is 38.8. The molecule has 1 saturated heterocycles. The second-order valence-electron chi connectivity index (χ2n) is 9.26. The van der Waals surface area contributed by atoms with Crippen LogP contribution in [0.4, 0.5) is 0 Å². The molecule has 3 nitrogen and oxygen atoms in total. The molecule has 0 aromatic carbocycles. The van der Waals surface area contributed by atoms with Crippen LogP contribution in [0.2, 0.25) is 0 Å². The van der Waals surface area contributed by atoms with Crippen LogP contribution in [-0.4, -0.2) is 48.4 Å². The molecule has 130 valence electrons. The van der Waals surface area contributed by atoms with Crippen LogP contribution in [0.5, 0.6) is 0 Å². The summed E-state index contributed by atoms with van der Waals surface area (Å²) in [5.41, 5.74) is 0.915. The molecule has 4 aliphatic rings. The van der Waals surface area contributed by atoms with Gasteiger partial charge in [0, 0.05) is 24.5 Å². The number of hydrogen-bond donors (Lipinski definition) is 0. The van der Waals surface area contributed by atoms with Gasteiger partial charge in [-0.1, -0.05) is 12.8 Å². The van der Waals surface area contributed by atoms with Gasteiger partial charge in [0.25, 0.3) is 0 Å². The first kappa shape index (κ1) is 15.9.